The van der Waals surface area contributed by atoms with Crippen LogP contribution in [-0.4, -0.2) is 34.2 Å². The van der Waals surface area contributed by atoms with Crippen molar-refractivity contribution >= 4 is 6.03 Å². The van der Waals surface area contributed by atoms with Crippen LogP contribution in [0.1, 0.15) is 43.0 Å². The lowest BCUT2D eigenvalue weighted by atomic mass is 9.70. The van der Waals surface area contributed by atoms with Crippen molar-refractivity contribution in [1.82, 2.24) is 20.4 Å². The van der Waals surface area contributed by atoms with Crippen molar-refractivity contribution in [2.45, 2.75) is 39.7 Å². The average molecular weight is 326 g/mol. The molecule has 1 aliphatic heterocycles. The lowest BCUT2D eigenvalue weighted by Crippen LogP contribution is -2.49. The maximum Gasteiger partial charge on any atom is 0.317 e. The first-order valence-corrected chi connectivity index (χ1v) is 8.54. The minimum absolute atomic E-state index is 0.00651. The normalized spacial score (nSPS) is 20.0. The number of H-pyrrole nitrogens is 1. The van der Waals surface area contributed by atoms with Gasteiger partial charge < -0.3 is 10.2 Å². The summed E-state index contributed by atoms with van der Waals surface area (Å²) in [6, 6.07) is 10.5. The van der Waals surface area contributed by atoms with E-state index in [1.54, 1.807) is 6.20 Å². The molecule has 0 radical (unpaired) electrons. The predicted molar refractivity (Wildman–Crippen MR) is 94.7 cm³/mol. The number of hydrogen-bond acceptors (Lipinski definition) is 2. The molecule has 3 rings (SSSR count). The van der Waals surface area contributed by atoms with E-state index in [9.17, 15) is 4.79 Å². The zero-order chi connectivity index (χ0) is 17.2. The number of likely N-dealkylation sites (tertiary alicyclic amines) is 1. The smallest absolute Gasteiger partial charge is 0.317 e. The molecule has 5 heteroatoms. The number of amides is 2. The van der Waals surface area contributed by atoms with Gasteiger partial charge >= 0.3 is 6.03 Å². The molecule has 24 heavy (non-hydrogen) atoms. The lowest BCUT2D eigenvalue weighted by molar-refractivity contribution is 0.117. The highest BCUT2D eigenvalue weighted by molar-refractivity contribution is 5.74. The number of hydrogen-bond donors (Lipinski definition) is 2. The Balaban J connectivity index is 1.66. The van der Waals surface area contributed by atoms with Gasteiger partial charge in [0.25, 0.3) is 0 Å². The van der Waals surface area contributed by atoms with Gasteiger partial charge in [-0.05, 0) is 24.3 Å². The highest BCUT2D eigenvalue weighted by atomic mass is 16.2. The number of carbonyl (C=O) groups is 1. The molecular formula is C19H26N4O. The summed E-state index contributed by atoms with van der Waals surface area (Å²) in [7, 11) is 0. The zero-order valence-corrected chi connectivity index (χ0v) is 14.7. The van der Waals surface area contributed by atoms with E-state index < -0.39 is 0 Å². The molecule has 2 aromatic rings. The van der Waals surface area contributed by atoms with Gasteiger partial charge in [0.1, 0.15) is 0 Å². The van der Waals surface area contributed by atoms with Crippen LogP contribution in [0.3, 0.4) is 0 Å². The van der Waals surface area contributed by atoms with E-state index in [0.717, 1.165) is 30.8 Å². The minimum Gasteiger partial charge on any atom is -0.334 e. The number of piperidine rings is 1. The summed E-state index contributed by atoms with van der Waals surface area (Å²) in [5.41, 5.74) is 3.53. The second-order valence-electron chi connectivity index (χ2n) is 7.33. The number of urea groups is 1. The molecule has 0 saturated carbocycles. The summed E-state index contributed by atoms with van der Waals surface area (Å²) in [6.07, 6.45) is 2.77. The molecule has 1 aromatic carbocycles. The molecule has 1 atom stereocenters. The SMILES string of the molecule is Cc1[nH]ncc1CNC(=O)N1CCC(C)(C)C(c2ccccc2)C1. The van der Waals surface area contributed by atoms with Gasteiger partial charge in [0.05, 0.1) is 6.20 Å². The van der Waals surface area contributed by atoms with E-state index in [2.05, 4.69) is 53.6 Å². The summed E-state index contributed by atoms with van der Waals surface area (Å²) < 4.78 is 0. The van der Waals surface area contributed by atoms with Crippen LogP contribution >= 0.6 is 0 Å². The molecule has 1 aliphatic rings. The van der Waals surface area contributed by atoms with Crippen LogP contribution in [0.15, 0.2) is 36.5 Å². The molecule has 0 aliphatic carbocycles. The molecule has 128 valence electrons. The second-order valence-corrected chi connectivity index (χ2v) is 7.33. The van der Waals surface area contributed by atoms with Crippen LogP contribution in [0.2, 0.25) is 0 Å². The van der Waals surface area contributed by atoms with Gasteiger partial charge in [-0.2, -0.15) is 5.10 Å². The summed E-state index contributed by atoms with van der Waals surface area (Å²) in [5, 5.41) is 9.91. The van der Waals surface area contributed by atoms with E-state index >= 15 is 0 Å². The van der Waals surface area contributed by atoms with Crippen molar-refractivity contribution in [1.29, 1.82) is 0 Å². The zero-order valence-electron chi connectivity index (χ0n) is 14.7. The topological polar surface area (TPSA) is 61.0 Å². The number of rotatable bonds is 3. The van der Waals surface area contributed by atoms with Gasteiger partial charge in [-0.15, -0.1) is 0 Å². The van der Waals surface area contributed by atoms with Crippen molar-refractivity contribution in [3.05, 3.63) is 53.3 Å². The van der Waals surface area contributed by atoms with Crippen LogP contribution in [0.25, 0.3) is 0 Å². The number of aromatic nitrogens is 2. The number of nitrogens with zero attached hydrogens (tertiary/aromatic N) is 2. The Bertz CT molecular complexity index is 692. The number of aryl methyl sites for hydroxylation is 1. The average Bonchev–Trinajstić information content (AvgIpc) is 2.98. The molecule has 5 nitrogen and oxygen atoms in total. The Morgan fingerprint density at radius 2 is 2.12 bits per heavy atom. The van der Waals surface area contributed by atoms with E-state index in [-0.39, 0.29) is 11.4 Å². The third kappa shape index (κ3) is 3.45. The monoisotopic (exact) mass is 326 g/mol. The highest BCUT2D eigenvalue weighted by Crippen LogP contribution is 2.42. The first-order valence-electron chi connectivity index (χ1n) is 8.54. The van der Waals surface area contributed by atoms with Gasteiger partial charge in [-0.3, -0.25) is 5.10 Å². The number of nitrogens with one attached hydrogen (secondary N) is 2. The molecule has 1 saturated heterocycles. The van der Waals surface area contributed by atoms with Gasteiger partial charge in [0, 0.05) is 36.8 Å². The fourth-order valence-corrected chi connectivity index (χ4v) is 3.42. The third-order valence-electron chi connectivity index (χ3n) is 5.23. The van der Waals surface area contributed by atoms with Crippen molar-refractivity contribution in [3.8, 4) is 0 Å². The Hall–Kier alpha value is -2.30. The molecule has 0 bridgehead atoms. The van der Waals surface area contributed by atoms with Gasteiger partial charge in [-0.25, -0.2) is 4.79 Å². The minimum atomic E-state index is 0.00651. The standard InChI is InChI=1S/C19H26N4O/c1-14-16(12-21-22-14)11-20-18(24)23-10-9-19(2,3)17(13-23)15-7-5-4-6-8-15/h4-8,12,17H,9-11,13H2,1-3H3,(H,20,24)(H,21,22). The first-order chi connectivity index (χ1) is 11.5. The number of carbonyl (C=O) groups excluding carboxylic acids is 1. The van der Waals surface area contributed by atoms with Crippen molar-refractivity contribution in [3.63, 3.8) is 0 Å². The van der Waals surface area contributed by atoms with Crippen LogP contribution in [0.5, 0.6) is 0 Å². The first kappa shape index (κ1) is 16.6. The van der Waals surface area contributed by atoms with E-state index in [4.69, 9.17) is 0 Å². The second kappa shape index (κ2) is 6.67. The maximum atomic E-state index is 12.6. The molecule has 0 spiro atoms. The van der Waals surface area contributed by atoms with Gasteiger partial charge in [0.15, 0.2) is 0 Å². The van der Waals surface area contributed by atoms with Crippen molar-refractivity contribution in [2.24, 2.45) is 5.41 Å². The summed E-state index contributed by atoms with van der Waals surface area (Å²) in [6.45, 7) is 8.63. The fraction of sp³-hybridized carbons (Fsp3) is 0.474. The van der Waals surface area contributed by atoms with Gasteiger partial charge in [0.2, 0.25) is 0 Å². The molecule has 1 aromatic heterocycles. The van der Waals surface area contributed by atoms with Crippen molar-refractivity contribution in [2.75, 3.05) is 13.1 Å². The third-order valence-corrected chi connectivity index (χ3v) is 5.23. The molecule has 1 unspecified atom stereocenters. The molecule has 2 amide bonds. The summed E-state index contributed by atoms with van der Waals surface area (Å²) in [4.78, 5) is 14.5. The molecular weight excluding hydrogens is 300 g/mol. The van der Waals surface area contributed by atoms with Crippen LogP contribution in [0, 0.1) is 12.3 Å². The lowest BCUT2D eigenvalue weighted by Gasteiger charge is -2.44. The maximum absolute atomic E-state index is 12.6. The Morgan fingerprint density at radius 3 is 2.79 bits per heavy atom. The molecule has 2 N–H and O–H groups in total. The van der Waals surface area contributed by atoms with Crippen molar-refractivity contribution < 1.29 is 4.79 Å². The largest absolute Gasteiger partial charge is 0.334 e. The Morgan fingerprint density at radius 1 is 1.38 bits per heavy atom. The Kier molecular flexibility index (Phi) is 4.60. The van der Waals surface area contributed by atoms with E-state index in [0.29, 0.717) is 12.5 Å². The summed E-state index contributed by atoms with van der Waals surface area (Å²) in [5.74, 6) is 0.355. The van der Waals surface area contributed by atoms with Crippen LogP contribution in [-0.2, 0) is 6.54 Å². The number of aromatic amines is 1. The number of benzene rings is 1. The van der Waals surface area contributed by atoms with E-state index in [1.165, 1.54) is 5.56 Å². The Labute approximate surface area is 143 Å². The van der Waals surface area contributed by atoms with Gasteiger partial charge in [-0.1, -0.05) is 44.2 Å². The van der Waals surface area contributed by atoms with Crippen LogP contribution < -0.4 is 5.32 Å². The highest BCUT2D eigenvalue weighted by Gasteiger charge is 2.37. The molecule has 1 fully saturated rings. The summed E-state index contributed by atoms with van der Waals surface area (Å²) >= 11 is 0. The fourth-order valence-electron chi connectivity index (χ4n) is 3.42. The van der Waals surface area contributed by atoms with E-state index in [1.807, 2.05) is 17.9 Å². The van der Waals surface area contributed by atoms with Crippen LogP contribution in [0.4, 0.5) is 4.79 Å². The predicted octanol–water partition coefficient (Wildman–Crippen LogP) is 3.44. The quantitative estimate of drug-likeness (QED) is 0.907. The molecule has 2 heterocycles.